The molecule has 0 aromatic carbocycles. The molecular formula is C10H17N8O4P. The third-order valence-corrected chi connectivity index (χ3v) is 3.16. The minimum Gasteiger partial charge on any atom is -0.370 e. The Morgan fingerprint density at radius 1 is 1.48 bits per heavy atom. The van der Waals surface area contributed by atoms with E-state index in [2.05, 4.69) is 19.9 Å². The van der Waals surface area contributed by atoms with E-state index in [1.165, 1.54) is 6.33 Å². The summed E-state index contributed by atoms with van der Waals surface area (Å²) in [5.74, 6) is -0.102. The van der Waals surface area contributed by atoms with Gasteiger partial charge in [-0.3, -0.25) is 4.57 Å². The summed E-state index contributed by atoms with van der Waals surface area (Å²) in [6.07, 6.45) is 0.293. The third-order valence-electron chi connectivity index (χ3n) is 2.68. The van der Waals surface area contributed by atoms with E-state index in [9.17, 15) is 4.57 Å². The van der Waals surface area contributed by atoms with Crippen LogP contribution in [0.15, 0.2) is 11.3 Å². The molecule has 0 fully saturated rings. The summed E-state index contributed by atoms with van der Waals surface area (Å²) in [6.45, 7) is 1.90. The Labute approximate surface area is 130 Å². The van der Waals surface area contributed by atoms with Gasteiger partial charge in [-0.2, -0.15) is 15.0 Å². The molecule has 0 spiro atoms. The Balaban J connectivity index is 2.27. The molecule has 13 heteroatoms. The fourth-order valence-corrected chi connectivity index (χ4v) is 2.28. The zero-order valence-corrected chi connectivity index (χ0v) is 13.1. The molecule has 126 valence electrons. The lowest BCUT2D eigenvalue weighted by molar-refractivity contribution is 0.0764. The highest BCUT2D eigenvalue weighted by Gasteiger charge is 2.18. The van der Waals surface area contributed by atoms with Crippen LogP contribution in [-0.4, -0.2) is 47.7 Å². The summed E-state index contributed by atoms with van der Waals surface area (Å²) >= 11 is 0. The molecule has 12 nitrogen and oxygen atoms in total. The van der Waals surface area contributed by atoms with Gasteiger partial charge in [0.25, 0.3) is 0 Å². The Hall–Kier alpha value is -2.27. The molecule has 2 aromatic rings. The summed E-state index contributed by atoms with van der Waals surface area (Å²) in [5.41, 5.74) is 17.0. The Kier molecular flexibility index (Phi) is 4.80. The molecule has 0 radical (unpaired) electrons. The van der Waals surface area contributed by atoms with E-state index in [0.29, 0.717) is 11.2 Å². The zero-order chi connectivity index (χ0) is 17.2. The van der Waals surface area contributed by atoms with Gasteiger partial charge in [0.1, 0.15) is 6.35 Å². The van der Waals surface area contributed by atoms with Crippen LogP contribution in [0.1, 0.15) is 6.92 Å². The van der Waals surface area contributed by atoms with Crippen LogP contribution in [0.5, 0.6) is 0 Å². The van der Waals surface area contributed by atoms with Crippen LogP contribution in [0.2, 0.25) is 0 Å². The largest absolute Gasteiger partial charge is 0.370 e. The van der Waals surface area contributed by atoms with E-state index in [1.54, 1.807) is 11.5 Å². The molecule has 0 aliphatic carbocycles. The van der Waals surface area contributed by atoms with Crippen molar-refractivity contribution in [3.8, 4) is 0 Å². The van der Waals surface area contributed by atoms with Crippen molar-refractivity contribution in [2.75, 3.05) is 12.1 Å². The van der Waals surface area contributed by atoms with Crippen molar-refractivity contribution in [1.82, 2.24) is 19.5 Å². The number of imidazole rings is 1. The van der Waals surface area contributed by atoms with E-state index in [-0.39, 0.29) is 24.3 Å². The summed E-state index contributed by atoms with van der Waals surface area (Å²) < 4.78 is 17.5. The minimum absolute atomic E-state index is 0.0389. The van der Waals surface area contributed by atoms with Gasteiger partial charge in [0.05, 0.1) is 19.0 Å². The first-order valence-corrected chi connectivity index (χ1v) is 8.19. The molecule has 2 aromatic heterocycles. The molecule has 2 rings (SSSR count). The van der Waals surface area contributed by atoms with Crippen molar-refractivity contribution in [1.29, 1.82) is 0 Å². The fraction of sp³-hybridized carbons (Fsp3) is 0.400. The van der Waals surface area contributed by atoms with Gasteiger partial charge in [-0.05, 0) is 6.92 Å². The Morgan fingerprint density at radius 3 is 2.78 bits per heavy atom. The first kappa shape index (κ1) is 17.1. The molecule has 0 amide bonds. The predicted octanol–water partition coefficient (Wildman–Crippen LogP) is -1.15. The fourth-order valence-electron chi connectivity index (χ4n) is 1.83. The second kappa shape index (κ2) is 6.46. The smallest absolute Gasteiger partial charge is 0.350 e. The number of hydrogen-bond acceptors (Lipinski definition) is 7. The predicted molar refractivity (Wildman–Crippen MR) is 82.7 cm³/mol. The maximum atomic E-state index is 10.8. The van der Waals surface area contributed by atoms with Crippen molar-refractivity contribution < 1.29 is 19.1 Å². The second-order valence-electron chi connectivity index (χ2n) is 4.78. The van der Waals surface area contributed by atoms with Crippen LogP contribution in [0.4, 0.5) is 11.8 Å². The van der Waals surface area contributed by atoms with Crippen LogP contribution in [0.25, 0.3) is 11.2 Å². The van der Waals surface area contributed by atoms with Crippen molar-refractivity contribution >= 4 is 36.5 Å². The first-order valence-electron chi connectivity index (χ1n) is 6.40. The Morgan fingerprint density at radius 2 is 2.17 bits per heavy atom. The van der Waals surface area contributed by atoms with E-state index in [1.807, 2.05) is 0 Å². The number of fused-ring (bicyclic) bond motifs is 1. The average molecular weight is 344 g/mol. The maximum Gasteiger partial charge on any atom is 0.350 e. The summed E-state index contributed by atoms with van der Waals surface area (Å²) in [5, 5.41) is 0. The van der Waals surface area contributed by atoms with Crippen LogP contribution in [0.3, 0.4) is 0 Å². The number of hydrogen-bond donors (Lipinski definition) is 5. The SMILES string of the molecule is C[C@@H](Cn1cnc2c(N=C(N)N)nc(N)nc21)OCP(=O)(O)O. The lowest BCUT2D eigenvalue weighted by Crippen LogP contribution is -2.22. The second-order valence-corrected chi connectivity index (χ2v) is 6.37. The van der Waals surface area contributed by atoms with E-state index < -0.39 is 20.0 Å². The number of ether oxygens (including phenoxy) is 1. The van der Waals surface area contributed by atoms with Crippen molar-refractivity contribution in [2.24, 2.45) is 16.5 Å². The molecule has 2 heterocycles. The van der Waals surface area contributed by atoms with Gasteiger partial charge in [0, 0.05) is 0 Å². The average Bonchev–Trinajstić information content (AvgIpc) is 2.78. The number of aromatic nitrogens is 4. The summed E-state index contributed by atoms with van der Waals surface area (Å²) in [4.78, 5) is 33.6. The number of nitrogens with two attached hydrogens (primary N) is 3. The lowest BCUT2D eigenvalue weighted by atomic mass is 10.4. The molecule has 0 bridgehead atoms. The van der Waals surface area contributed by atoms with E-state index in [0.717, 1.165) is 0 Å². The quantitative estimate of drug-likeness (QED) is 0.242. The molecule has 0 saturated heterocycles. The van der Waals surface area contributed by atoms with Crippen molar-refractivity contribution in [3.05, 3.63) is 6.33 Å². The topological polar surface area (TPSA) is 201 Å². The van der Waals surface area contributed by atoms with Gasteiger partial charge in [-0.15, -0.1) is 0 Å². The Bertz CT molecular complexity index is 781. The van der Waals surface area contributed by atoms with Crippen LogP contribution < -0.4 is 17.2 Å². The monoisotopic (exact) mass is 344 g/mol. The van der Waals surface area contributed by atoms with E-state index >= 15 is 0 Å². The lowest BCUT2D eigenvalue weighted by Gasteiger charge is -2.14. The molecule has 0 aliphatic heterocycles. The molecule has 0 aliphatic rings. The normalized spacial score (nSPS) is 13.2. The number of anilines is 1. The number of guanidine groups is 1. The van der Waals surface area contributed by atoms with E-state index in [4.69, 9.17) is 31.7 Å². The molecular weight excluding hydrogens is 327 g/mol. The highest BCUT2D eigenvalue weighted by atomic mass is 31.2. The molecule has 8 N–H and O–H groups in total. The van der Waals surface area contributed by atoms with Crippen LogP contribution in [-0.2, 0) is 15.8 Å². The van der Waals surface area contributed by atoms with Gasteiger partial charge in [0.2, 0.25) is 5.95 Å². The molecule has 0 unspecified atom stereocenters. The third kappa shape index (κ3) is 4.60. The molecule has 0 saturated carbocycles. The van der Waals surface area contributed by atoms with Crippen LogP contribution >= 0.6 is 7.60 Å². The van der Waals surface area contributed by atoms with Crippen molar-refractivity contribution in [3.63, 3.8) is 0 Å². The van der Waals surface area contributed by atoms with Crippen molar-refractivity contribution in [2.45, 2.75) is 19.6 Å². The summed E-state index contributed by atoms with van der Waals surface area (Å²) in [7, 11) is -4.23. The highest BCUT2D eigenvalue weighted by molar-refractivity contribution is 7.51. The van der Waals surface area contributed by atoms with Gasteiger partial charge >= 0.3 is 7.60 Å². The first-order chi connectivity index (χ1) is 10.7. The van der Waals surface area contributed by atoms with Gasteiger partial charge < -0.3 is 36.3 Å². The number of nitrogens with zero attached hydrogens (tertiary/aromatic N) is 5. The highest BCUT2D eigenvalue weighted by Crippen LogP contribution is 2.34. The van der Waals surface area contributed by atoms with Gasteiger partial charge in [-0.25, -0.2) is 4.98 Å². The standard InChI is InChI=1S/C10H17N8O4P/c1-5(22-4-23(19,20)21)2-18-3-14-6-7(15-9(11)12)16-10(13)17-8(6)18/h3,5H,2,4H2,1H3,(H2,19,20,21)(H6,11,12,13,15,16,17)/t5-/m0/s1. The number of aliphatic imine (C=N–C) groups is 1. The van der Waals surface area contributed by atoms with Crippen LogP contribution in [0, 0.1) is 0 Å². The van der Waals surface area contributed by atoms with Gasteiger partial charge in [0.15, 0.2) is 22.9 Å². The number of rotatable bonds is 6. The van der Waals surface area contributed by atoms with Gasteiger partial charge in [-0.1, -0.05) is 0 Å². The zero-order valence-electron chi connectivity index (χ0n) is 12.2. The molecule has 1 atom stereocenters. The minimum atomic E-state index is -4.23. The molecule has 23 heavy (non-hydrogen) atoms. The number of nitrogen functional groups attached to an aromatic ring is 1. The maximum absolute atomic E-state index is 10.8. The summed E-state index contributed by atoms with van der Waals surface area (Å²) in [6, 6.07) is 0.